The van der Waals surface area contributed by atoms with Gasteiger partial charge in [0, 0.05) is 28.7 Å². The molecule has 5 heteroatoms. The molecule has 1 N–H and O–H groups in total. The highest BCUT2D eigenvalue weighted by Gasteiger charge is 2.21. The minimum Gasteiger partial charge on any atom is -0.493 e. The smallest absolute Gasteiger partial charge is 0.255 e. The van der Waals surface area contributed by atoms with Crippen LogP contribution < -0.4 is 10.1 Å². The van der Waals surface area contributed by atoms with E-state index in [0.717, 1.165) is 40.1 Å². The van der Waals surface area contributed by atoms with Crippen molar-refractivity contribution in [1.82, 2.24) is 4.98 Å². The molecule has 2 aromatic carbocycles. The lowest BCUT2D eigenvalue weighted by atomic mass is 10.1. The van der Waals surface area contributed by atoms with Gasteiger partial charge in [0.1, 0.15) is 5.75 Å². The van der Waals surface area contributed by atoms with Crippen molar-refractivity contribution in [3.8, 4) is 5.75 Å². The molecule has 0 saturated heterocycles. The van der Waals surface area contributed by atoms with Crippen molar-refractivity contribution in [1.29, 1.82) is 0 Å². The molecule has 3 aromatic rings. The summed E-state index contributed by atoms with van der Waals surface area (Å²) in [5, 5.41) is 4.00. The Labute approximate surface area is 163 Å². The summed E-state index contributed by atoms with van der Waals surface area (Å²) >= 11 is 5.88. The van der Waals surface area contributed by atoms with Gasteiger partial charge in [-0.2, -0.15) is 0 Å². The van der Waals surface area contributed by atoms with Crippen LogP contribution in [-0.2, 0) is 5.88 Å². The van der Waals surface area contributed by atoms with Gasteiger partial charge in [0.25, 0.3) is 5.91 Å². The van der Waals surface area contributed by atoms with Gasteiger partial charge in [-0.15, -0.1) is 11.6 Å². The third kappa shape index (κ3) is 4.06. The number of carbonyl (C=O) groups is 1. The van der Waals surface area contributed by atoms with Gasteiger partial charge < -0.3 is 10.1 Å². The molecular weight excluding hydrogens is 360 g/mol. The molecule has 138 valence electrons. The molecule has 0 atom stereocenters. The van der Waals surface area contributed by atoms with E-state index in [9.17, 15) is 4.79 Å². The molecule has 1 saturated carbocycles. The van der Waals surface area contributed by atoms with E-state index in [2.05, 4.69) is 10.3 Å². The fraction of sp³-hybridized carbons (Fsp3) is 0.273. The summed E-state index contributed by atoms with van der Waals surface area (Å²) in [6.07, 6.45) is 4.29. The number of aryl methyl sites for hydroxylation is 1. The number of rotatable bonds is 6. The lowest BCUT2D eigenvalue weighted by molar-refractivity contribution is 0.102. The summed E-state index contributed by atoms with van der Waals surface area (Å²) in [5.74, 6) is 1.79. The van der Waals surface area contributed by atoms with Gasteiger partial charge in [0.2, 0.25) is 0 Å². The number of benzene rings is 2. The van der Waals surface area contributed by atoms with E-state index >= 15 is 0 Å². The average Bonchev–Trinajstić information content (AvgIpc) is 3.53. The highest BCUT2D eigenvalue weighted by molar-refractivity contribution is 6.17. The minimum absolute atomic E-state index is 0.149. The Morgan fingerprint density at radius 3 is 2.70 bits per heavy atom. The molecule has 1 amide bonds. The third-order valence-electron chi connectivity index (χ3n) is 4.86. The van der Waals surface area contributed by atoms with Crippen molar-refractivity contribution < 1.29 is 9.53 Å². The summed E-state index contributed by atoms with van der Waals surface area (Å²) in [7, 11) is 0. The number of fused-ring (bicyclic) bond motifs is 1. The number of ether oxygens (including phenoxy) is 1. The first kappa shape index (κ1) is 17.8. The van der Waals surface area contributed by atoms with Crippen LogP contribution in [0.4, 0.5) is 5.69 Å². The molecule has 1 aliphatic rings. The maximum atomic E-state index is 12.6. The van der Waals surface area contributed by atoms with E-state index in [1.807, 2.05) is 37.3 Å². The topological polar surface area (TPSA) is 51.2 Å². The Hall–Kier alpha value is -2.59. The van der Waals surface area contributed by atoms with Crippen molar-refractivity contribution in [2.24, 2.45) is 5.92 Å². The molecule has 4 rings (SSSR count). The van der Waals surface area contributed by atoms with E-state index in [0.29, 0.717) is 17.4 Å². The van der Waals surface area contributed by atoms with Gasteiger partial charge in [-0.05, 0) is 73.2 Å². The first-order valence-electron chi connectivity index (χ1n) is 9.12. The van der Waals surface area contributed by atoms with Gasteiger partial charge in [0.05, 0.1) is 12.1 Å². The second kappa shape index (κ2) is 7.57. The van der Waals surface area contributed by atoms with Crippen molar-refractivity contribution in [3.63, 3.8) is 0 Å². The van der Waals surface area contributed by atoms with Crippen molar-refractivity contribution in [2.45, 2.75) is 25.6 Å². The summed E-state index contributed by atoms with van der Waals surface area (Å²) < 4.78 is 5.72. The number of nitrogens with zero attached hydrogens (tertiary/aromatic N) is 1. The van der Waals surface area contributed by atoms with Crippen LogP contribution in [0.3, 0.4) is 0 Å². The molecule has 1 aromatic heterocycles. The molecule has 0 radical (unpaired) electrons. The SMILES string of the molecule is Cc1c(NC(=O)c2ccc(OCC3CC3)cc2)ccc2cc(CCl)cnc12. The maximum absolute atomic E-state index is 12.6. The van der Waals surface area contributed by atoms with Crippen molar-refractivity contribution in [2.75, 3.05) is 11.9 Å². The Kier molecular flexibility index (Phi) is 4.99. The Bertz CT molecular complexity index is 982. The number of nitrogens with one attached hydrogen (secondary N) is 1. The zero-order chi connectivity index (χ0) is 18.8. The lowest BCUT2D eigenvalue weighted by Crippen LogP contribution is -2.13. The predicted molar refractivity (Wildman–Crippen MR) is 109 cm³/mol. The van der Waals surface area contributed by atoms with Crippen LogP contribution in [0.25, 0.3) is 10.9 Å². The highest BCUT2D eigenvalue weighted by Crippen LogP contribution is 2.30. The Morgan fingerprint density at radius 2 is 2.00 bits per heavy atom. The van der Waals surface area contributed by atoms with Crippen LogP contribution in [0.15, 0.2) is 48.7 Å². The zero-order valence-electron chi connectivity index (χ0n) is 15.2. The molecule has 0 spiro atoms. The zero-order valence-corrected chi connectivity index (χ0v) is 15.9. The minimum atomic E-state index is -0.149. The van der Waals surface area contributed by atoms with Crippen molar-refractivity contribution in [3.05, 3.63) is 65.4 Å². The highest BCUT2D eigenvalue weighted by atomic mass is 35.5. The quantitative estimate of drug-likeness (QED) is 0.588. The largest absolute Gasteiger partial charge is 0.493 e. The van der Waals surface area contributed by atoms with Crippen LogP contribution in [0.5, 0.6) is 5.75 Å². The molecule has 4 nitrogen and oxygen atoms in total. The van der Waals surface area contributed by atoms with E-state index in [-0.39, 0.29) is 5.91 Å². The summed E-state index contributed by atoms with van der Waals surface area (Å²) in [5.41, 5.74) is 4.13. The monoisotopic (exact) mass is 380 g/mol. The molecule has 0 unspecified atom stereocenters. The second-order valence-corrected chi connectivity index (χ2v) is 7.29. The average molecular weight is 381 g/mol. The predicted octanol–water partition coefficient (Wildman–Crippen LogP) is 5.32. The van der Waals surface area contributed by atoms with Gasteiger partial charge in [-0.1, -0.05) is 6.07 Å². The van der Waals surface area contributed by atoms with Gasteiger partial charge in [-0.3, -0.25) is 9.78 Å². The number of hydrogen-bond donors (Lipinski definition) is 1. The molecule has 1 aliphatic carbocycles. The van der Waals surface area contributed by atoms with Crippen LogP contribution >= 0.6 is 11.6 Å². The van der Waals surface area contributed by atoms with E-state index in [4.69, 9.17) is 16.3 Å². The number of halogens is 1. The number of alkyl halides is 1. The standard InChI is InChI=1S/C22H21ClN2O2/c1-14-20(9-6-18-10-16(11-23)12-24-21(14)18)25-22(26)17-4-7-19(8-5-17)27-13-15-2-3-15/h4-10,12,15H,2-3,11,13H2,1H3,(H,25,26). The molecule has 1 fully saturated rings. The van der Waals surface area contributed by atoms with Crippen LogP contribution in [0.2, 0.25) is 0 Å². The number of anilines is 1. The molecule has 27 heavy (non-hydrogen) atoms. The molecule has 0 bridgehead atoms. The van der Waals surface area contributed by atoms with Crippen LogP contribution in [0, 0.1) is 12.8 Å². The summed E-state index contributed by atoms with van der Waals surface area (Å²) in [6, 6.07) is 13.2. The van der Waals surface area contributed by atoms with Crippen molar-refractivity contribution >= 4 is 34.1 Å². The number of hydrogen-bond acceptors (Lipinski definition) is 3. The van der Waals surface area contributed by atoms with Crippen LogP contribution in [0.1, 0.15) is 34.3 Å². The van der Waals surface area contributed by atoms with Crippen LogP contribution in [-0.4, -0.2) is 17.5 Å². The van der Waals surface area contributed by atoms with E-state index in [1.54, 1.807) is 18.3 Å². The molecule has 1 heterocycles. The normalized spacial score (nSPS) is 13.6. The van der Waals surface area contributed by atoms with Gasteiger partial charge in [0.15, 0.2) is 0 Å². The van der Waals surface area contributed by atoms with Gasteiger partial charge in [-0.25, -0.2) is 0 Å². The lowest BCUT2D eigenvalue weighted by Gasteiger charge is -2.12. The van der Waals surface area contributed by atoms with Gasteiger partial charge >= 0.3 is 0 Å². The fourth-order valence-corrected chi connectivity index (χ4v) is 3.14. The number of pyridine rings is 1. The number of amides is 1. The first-order chi connectivity index (χ1) is 13.1. The maximum Gasteiger partial charge on any atom is 0.255 e. The van der Waals surface area contributed by atoms with E-state index < -0.39 is 0 Å². The summed E-state index contributed by atoms with van der Waals surface area (Å²) in [4.78, 5) is 17.1. The number of carbonyl (C=O) groups excluding carboxylic acids is 1. The Balaban J connectivity index is 1.49. The molecular formula is C22H21ClN2O2. The Morgan fingerprint density at radius 1 is 1.22 bits per heavy atom. The second-order valence-electron chi connectivity index (χ2n) is 7.02. The number of aromatic nitrogens is 1. The fourth-order valence-electron chi connectivity index (χ4n) is 3.00. The first-order valence-corrected chi connectivity index (χ1v) is 9.66. The third-order valence-corrected chi connectivity index (χ3v) is 5.17. The molecule has 0 aliphatic heterocycles. The summed E-state index contributed by atoms with van der Waals surface area (Å²) in [6.45, 7) is 2.72. The van der Waals surface area contributed by atoms with E-state index in [1.165, 1.54) is 12.8 Å².